The molecule has 0 spiro atoms. The molecule has 1 aliphatic rings. The Bertz CT molecular complexity index is 1310. The quantitative estimate of drug-likeness (QED) is 0.436. The Hall–Kier alpha value is -2.93. The van der Waals surface area contributed by atoms with Gasteiger partial charge in [0.05, 0.1) is 16.7 Å². The van der Waals surface area contributed by atoms with E-state index in [0.29, 0.717) is 24.0 Å². The lowest BCUT2D eigenvalue weighted by Gasteiger charge is -2.25. The second-order valence-electron chi connectivity index (χ2n) is 10.2. The van der Waals surface area contributed by atoms with Crippen molar-refractivity contribution in [3.63, 3.8) is 0 Å². The first-order valence-corrected chi connectivity index (χ1v) is 12.1. The Balaban J connectivity index is 1.56. The molecule has 1 saturated heterocycles. The van der Waals surface area contributed by atoms with E-state index in [1.165, 1.54) is 11.1 Å². The molecule has 1 fully saturated rings. The highest BCUT2D eigenvalue weighted by molar-refractivity contribution is 5.90. The summed E-state index contributed by atoms with van der Waals surface area (Å²) in [5.74, 6) is 1.28. The van der Waals surface area contributed by atoms with E-state index in [4.69, 9.17) is 4.98 Å². The van der Waals surface area contributed by atoms with Crippen molar-refractivity contribution in [3.8, 4) is 11.3 Å². The van der Waals surface area contributed by atoms with Crippen LogP contribution in [0.4, 0.5) is 5.82 Å². The van der Waals surface area contributed by atoms with Crippen molar-refractivity contribution in [2.45, 2.75) is 78.9 Å². The van der Waals surface area contributed by atoms with E-state index in [9.17, 15) is 0 Å². The molecule has 5 rings (SSSR count). The lowest BCUT2D eigenvalue weighted by molar-refractivity contribution is 0.215. The Morgan fingerprint density at radius 3 is 2.61 bits per heavy atom. The first-order chi connectivity index (χ1) is 15.7. The lowest BCUT2D eigenvalue weighted by atomic mass is 9.95. The number of rotatable bonds is 5. The average Bonchev–Trinajstić information content (AvgIpc) is 3.46. The van der Waals surface area contributed by atoms with Crippen LogP contribution in [0, 0.1) is 13.8 Å². The number of aryl methyl sites for hydroxylation is 1. The number of nitrogens with zero attached hydrogens (tertiary/aromatic N) is 5. The fraction of sp³-hybridized carbons (Fsp3) is 0.500. The predicted molar refractivity (Wildman–Crippen MR) is 135 cm³/mol. The molecule has 0 aromatic carbocycles. The van der Waals surface area contributed by atoms with E-state index in [2.05, 4.69) is 92.1 Å². The van der Waals surface area contributed by atoms with Gasteiger partial charge in [-0.15, -0.1) is 0 Å². The summed E-state index contributed by atoms with van der Waals surface area (Å²) in [7, 11) is 0. The van der Waals surface area contributed by atoms with Gasteiger partial charge in [0.25, 0.3) is 0 Å². The Kier molecular flexibility index (Phi) is 5.40. The molecule has 2 atom stereocenters. The van der Waals surface area contributed by atoms with Gasteiger partial charge in [-0.2, -0.15) is 5.10 Å². The molecule has 7 heteroatoms. The van der Waals surface area contributed by atoms with Gasteiger partial charge in [-0.25, -0.2) is 14.5 Å². The fourth-order valence-corrected chi connectivity index (χ4v) is 5.48. The minimum Gasteiger partial charge on any atom is -0.366 e. The first-order valence-electron chi connectivity index (χ1n) is 12.1. The predicted octanol–water partition coefficient (Wildman–Crippen LogP) is 5.30. The minimum atomic E-state index is 0.325. The number of nitrogens with one attached hydrogen (secondary N) is 2. The van der Waals surface area contributed by atoms with Crippen molar-refractivity contribution >= 4 is 22.5 Å². The van der Waals surface area contributed by atoms with Gasteiger partial charge in [0.1, 0.15) is 12.1 Å². The van der Waals surface area contributed by atoms with E-state index >= 15 is 0 Å². The van der Waals surface area contributed by atoms with Crippen LogP contribution in [-0.4, -0.2) is 54.1 Å². The summed E-state index contributed by atoms with van der Waals surface area (Å²) in [5, 5.41) is 8.11. The maximum atomic E-state index is 5.11. The standard InChI is InChI=1S/C26H35N7/c1-14(2)23-24(20-12-33-26(27-13-28-33)18(7)17(20)6)30-21-8-9-22(31-25(21)23)29-19-10-16(5)32(11-19)15(3)4/h8-9,12-16,19,30H,10-11H2,1-7H3,(H,29,31)/t16-,19+/m0/s1. The van der Waals surface area contributed by atoms with Crippen molar-refractivity contribution in [1.29, 1.82) is 0 Å². The monoisotopic (exact) mass is 445 g/mol. The molecule has 174 valence electrons. The largest absolute Gasteiger partial charge is 0.366 e. The van der Waals surface area contributed by atoms with Crippen LogP contribution >= 0.6 is 0 Å². The molecule has 7 nitrogen and oxygen atoms in total. The van der Waals surface area contributed by atoms with Gasteiger partial charge in [0.2, 0.25) is 0 Å². The molecule has 0 saturated carbocycles. The fourth-order valence-electron chi connectivity index (χ4n) is 5.48. The number of H-pyrrole nitrogens is 1. The SMILES string of the molecule is Cc1c(-c2[nH]c3ccc(N[C@@H]4C[C@H](C)N(C(C)C)C4)nc3c2C(C)C)cn2ncnc2c1C. The number of fused-ring (bicyclic) bond motifs is 2. The third kappa shape index (κ3) is 3.68. The molecule has 4 aromatic heterocycles. The van der Waals surface area contributed by atoms with E-state index in [-0.39, 0.29) is 0 Å². The molecule has 1 aliphatic heterocycles. The van der Waals surface area contributed by atoms with Gasteiger partial charge in [0, 0.05) is 42.0 Å². The molecular weight excluding hydrogens is 410 g/mol. The summed E-state index contributed by atoms with van der Waals surface area (Å²) < 4.78 is 1.87. The number of aromatic amines is 1. The normalized spacial score (nSPS) is 19.5. The number of hydrogen-bond acceptors (Lipinski definition) is 5. The zero-order valence-electron chi connectivity index (χ0n) is 20.8. The highest BCUT2D eigenvalue weighted by Crippen LogP contribution is 2.37. The van der Waals surface area contributed by atoms with Crippen LogP contribution in [0.15, 0.2) is 24.7 Å². The zero-order valence-corrected chi connectivity index (χ0v) is 20.8. The molecule has 0 bridgehead atoms. The smallest absolute Gasteiger partial charge is 0.158 e. The number of pyridine rings is 2. The van der Waals surface area contributed by atoms with Crippen LogP contribution in [0.2, 0.25) is 0 Å². The second kappa shape index (κ2) is 8.13. The second-order valence-corrected chi connectivity index (χ2v) is 10.2. The summed E-state index contributed by atoms with van der Waals surface area (Å²) in [6.45, 7) is 16.7. The van der Waals surface area contributed by atoms with Gasteiger partial charge in [0.15, 0.2) is 5.65 Å². The Morgan fingerprint density at radius 1 is 1.12 bits per heavy atom. The number of anilines is 1. The van der Waals surface area contributed by atoms with E-state index < -0.39 is 0 Å². The van der Waals surface area contributed by atoms with Gasteiger partial charge >= 0.3 is 0 Å². The lowest BCUT2D eigenvalue weighted by Crippen LogP contribution is -2.35. The zero-order chi connectivity index (χ0) is 23.4. The van der Waals surface area contributed by atoms with Crippen LogP contribution in [0.5, 0.6) is 0 Å². The van der Waals surface area contributed by atoms with Crippen molar-refractivity contribution in [3.05, 3.63) is 41.3 Å². The van der Waals surface area contributed by atoms with Gasteiger partial charge < -0.3 is 10.3 Å². The average molecular weight is 446 g/mol. The molecule has 0 amide bonds. The Labute approximate surface area is 195 Å². The molecule has 5 heterocycles. The maximum Gasteiger partial charge on any atom is 0.158 e. The topological polar surface area (TPSA) is 74.1 Å². The highest BCUT2D eigenvalue weighted by Gasteiger charge is 2.31. The summed E-state index contributed by atoms with van der Waals surface area (Å²) in [6, 6.07) is 5.85. The summed E-state index contributed by atoms with van der Waals surface area (Å²) >= 11 is 0. The minimum absolute atomic E-state index is 0.325. The van der Waals surface area contributed by atoms with Crippen LogP contribution in [0.25, 0.3) is 27.9 Å². The molecule has 2 N–H and O–H groups in total. The molecule has 0 aliphatic carbocycles. The highest BCUT2D eigenvalue weighted by atomic mass is 15.3. The number of hydrogen-bond donors (Lipinski definition) is 2. The molecule has 0 unspecified atom stereocenters. The first kappa shape index (κ1) is 21.9. The third-order valence-electron chi connectivity index (χ3n) is 7.29. The molecular formula is C26H35N7. The molecule has 4 aromatic rings. The van der Waals surface area contributed by atoms with Crippen molar-refractivity contribution in [1.82, 2.24) is 29.5 Å². The van der Waals surface area contributed by atoms with Crippen LogP contribution < -0.4 is 5.32 Å². The number of aromatic nitrogens is 5. The Morgan fingerprint density at radius 2 is 1.91 bits per heavy atom. The summed E-state index contributed by atoms with van der Waals surface area (Å²) in [5.41, 5.74) is 8.92. The molecule has 0 radical (unpaired) electrons. The van der Waals surface area contributed by atoms with Gasteiger partial charge in [-0.1, -0.05) is 13.8 Å². The van der Waals surface area contributed by atoms with E-state index in [1.54, 1.807) is 6.33 Å². The molecule has 33 heavy (non-hydrogen) atoms. The van der Waals surface area contributed by atoms with Crippen LogP contribution in [-0.2, 0) is 0 Å². The van der Waals surface area contributed by atoms with Crippen molar-refractivity contribution in [2.75, 3.05) is 11.9 Å². The summed E-state index contributed by atoms with van der Waals surface area (Å²) in [6.07, 6.45) is 4.84. The van der Waals surface area contributed by atoms with Crippen molar-refractivity contribution in [2.24, 2.45) is 0 Å². The van der Waals surface area contributed by atoms with Crippen LogP contribution in [0.1, 0.15) is 63.6 Å². The van der Waals surface area contributed by atoms with Crippen molar-refractivity contribution < 1.29 is 0 Å². The maximum absolute atomic E-state index is 5.11. The summed E-state index contributed by atoms with van der Waals surface area (Å²) in [4.78, 5) is 15.8. The van der Waals surface area contributed by atoms with E-state index in [1.807, 2.05) is 4.52 Å². The van der Waals surface area contributed by atoms with E-state index in [0.717, 1.165) is 52.3 Å². The third-order valence-corrected chi connectivity index (χ3v) is 7.29. The number of likely N-dealkylation sites (tertiary alicyclic amines) is 1. The van der Waals surface area contributed by atoms with Crippen LogP contribution in [0.3, 0.4) is 0 Å². The van der Waals surface area contributed by atoms with Gasteiger partial charge in [-0.3, -0.25) is 4.90 Å². The van der Waals surface area contributed by atoms with Gasteiger partial charge in [-0.05, 0) is 70.2 Å².